The van der Waals surface area contributed by atoms with Crippen LogP contribution in [0.15, 0.2) is 0 Å². The molecule has 4 aliphatic carbocycles. The van der Waals surface area contributed by atoms with Gasteiger partial charge >= 0.3 is 23.9 Å². The van der Waals surface area contributed by atoms with Crippen molar-refractivity contribution in [2.45, 2.75) is 139 Å². The first-order valence-electron chi connectivity index (χ1n) is 18.6. The fraction of sp³-hybridized carbons (Fsp3) is 0.889. The summed E-state index contributed by atoms with van der Waals surface area (Å²) in [5, 5.41) is 10.1. The normalized spacial score (nSPS) is 38.9. The van der Waals surface area contributed by atoms with Crippen LogP contribution in [0.3, 0.4) is 0 Å². The molecule has 7 rings (SSSR count). The molecule has 0 aromatic rings. The Morgan fingerprint density at radius 2 is 0.896 bits per heavy atom. The molecule has 4 saturated carbocycles. The number of carbonyl (C=O) groups excluding carboxylic acids is 4. The lowest BCUT2D eigenvalue weighted by atomic mass is 9.86. The second-order valence-electron chi connectivity index (χ2n) is 15.6. The van der Waals surface area contributed by atoms with Crippen LogP contribution in [0.25, 0.3) is 0 Å². The lowest BCUT2D eigenvalue weighted by Gasteiger charge is -2.27. The molecule has 268 valence electrons. The zero-order valence-corrected chi connectivity index (χ0v) is 27.9. The van der Waals surface area contributed by atoms with E-state index in [1.54, 1.807) is 0 Å². The van der Waals surface area contributed by atoms with Crippen molar-refractivity contribution < 1.29 is 57.4 Å². The number of carbonyl (C=O) groups is 4. The molecule has 7 aliphatic rings. The van der Waals surface area contributed by atoms with E-state index in [1.807, 2.05) is 0 Å². The minimum Gasteiger partial charge on any atom is -0.465 e. The van der Waals surface area contributed by atoms with Crippen LogP contribution in [0.5, 0.6) is 0 Å². The molecule has 0 radical (unpaired) electrons. The van der Waals surface area contributed by atoms with E-state index in [0.717, 1.165) is 77.0 Å². The van der Waals surface area contributed by atoms with E-state index in [0.29, 0.717) is 24.7 Å². The molecule has 3 aliphatic heterocycles. The highest BCUT2D eigenvalue weighted by Crippen LogP contribution is 2.42. The molecule has 12 nitrogen and oxygen atoms in total. The predicted molar refractivity (Wildman–Crippen MR) is 166 cm³/mol. The van der Waals surface area contributed by atoms with Gasteiger partial charge in [0.15, 0.2) is 0 Å². The highest BCUT2D eigenvalue weighted by molar-refractivity contribution is 5.88. The number of esters is 4. The molecule has 13 unspecified atom stereocenters. The number of rotatable bonds is 15. The minimum absolute atomic E-state index is 0.0280. The monoisotopic (exact) mass is 676 g/mol. The quantitative estimate of drug-likeness (QED) is 0.153. The molecule has 3 heterocycles. The standard InChI is InChI=1S/C36H52O12/c37-24-3-1-2-20(10-24)16-42-33(38)14-25(35(40)44-18-22-5-8-28-31(12-22)47-28)26(36(41)45-19-23-6-9-29-32(13-23)48-29)15-34(39)43-17-21-4-7-27-30(11-21)46-27/h20-32,37H,1-19H2. The van der Waals surface area contributed by atoms with Crippen LogP contribution >= 0.6 is 0 Å². The number of ether oxygens (including phenoxy) is 7. The first-order valence-corrected chi connectivity index (χ1v) is 18.6. The van der Waals surface area contributed by atoms with Crippen molar-refractivity contribution in [3.63, 3.8) is 0 Å². The maximum Gasteiger partial charge on any atom is 0.310 e. The largest absolute Gasteiger partial charge is 0.465 e. The minimum atomic E-state index is -1.28. The van der Waals surface area contributed by atoms with E-state index in [4.69, 9.17) is 33.2 Å². The molecule has 0 bridgehead atoms. The average Bonchev–Trinajstić information content (AvgIpc) is 3.98. The highest BCUT2D eigenvalue weighted by atomic mass is 16.6. The predicted octanol–water partition coefficient (Wildman–Crippen LogP) is 3.43. The SMILES string of the molecule is O=C(CC(C(=O)OCC1CCC2OC2C1)C(CC(=O)OCC1CCC2OC2C1)C(=O)OCC1CCC2OC2C1)OCC1CCCC(O)C1. The summed E-state index contributed by atoms with van der Waals surface area (Å²) in [6.07, 6.45) is 11.2. The van der Waals surface area contributed by atoms with E-state index in [9.17, 15) is 24.3 Å². The topological polar surface area (TPSA) is 163 Å². The number of aliphatic hydroxyl groups is 1. The average molecular weight is 677 g/mol. The van der Waals surface area contributed by atoms with Gasteiger partial charge in [0, 0.05) is 0 Å². The van der Waals surface area contributed by atoms with Crippen LogP contribution in [0, 0.1) is 35.5 Å². The molecule has 48 heavy (non-hydrogen) atoms. The fourth-order valence-corrected chi connectivity index (χ4v) is 8.62. The number of hydrogen-bond donors (Lipinski definition) is 1. The van der Waals surface area contributed by atoms with Crippen LogP contribution in [0.1, 0.15) is 96.3 Å². The Hall–Kier alpha value is -2.28. The number of epoxide rings is 3. The van der Waals surface area contributed by atoms with Gasteiger partial charge in [0.2, 0.25) is 0 Å². The zero-order chi connectivity index (χ0) is 33.2. The zero-order valence-electron chi connectivity index (χ0n) is 27.9. The second kappa shape index (κ2) is 15.3. The van der Waals surface area contributed by atoms with Crippen molar-refractivity contribution in [3.8, 4) is 0 Å². The highest BCUT2D eigenvalue weighted by Gasteiger charge is 2.47. The summed E-state index contributed by atoms with van der Waals surface area (Å²) in [5.41, 5.74) is 0. The lowest BCUT2D eigenvalue weighted by Crippen LogP contribution is -2.38. The number of aliphatic hydroxyl groups excluding tert-OH is 1. The van der Waals surface area contributed by atoms with Crippen molar-refractivity contribution in [2.75, 3.05) is 26.4 Å². The molecule has 7 fully saturated rings. The molecule has 0 aromatic carbocycles. The fourth-order valence-electron chi connectivity index (χ4n) is 8.62. The third kappa shape index (κ3) is 9.28. The van der Waals surface area contributed by atoms with Gasteiger partial charge in [-0.05, 0) is 101 Å². The van der Waals surface area contributed by atoms with Crippen LogP contribution in [-0.2, 0) is 52.3 Å². The Morgan fingerprint density at radius 1 is 0.500 bits per heavy atom. The molecule has 0 amide bonds. The smallest absolute Gasteiger partial charge is 0.310 e. The Labute approximate surface area is 282 Å². The number of fused-ring (bicyclic) bond motifs is 3. The van der Waals surface area contributed by atoms with Crippen LogP contribution in [-0.4, -0.2) is 98.1 Å². The van der Waals surface area contributed by atoms with Crippen LogP contribution in [0.2, 0.25) is 0 Å². The van der Waals surface area contributed by atoms with Gasteiger partial charge in [-0.25, -0.2) is 0 Å². The van der Waals surface area contributed by atoms with E-state index in [1.165, 1.54) is 0 Å². The molecule has 0 spiro atoms. The molecule has 1 N–H and O–H groups in total. The van der Waals surface area contributed by atoms with Crippen LogP contribution < -0.4 is 0 Å². The Kier molecular flexibility index (Phi) is 10.9. The van der Waals surface area contributed by atoms with Crippen molar-refractivity contribution in [1.82, 2.24) is 0 Å². The van der Waals surface area contributed by atoms with Gasteiger partial charge in [0.25, 0.3) is 0 Å². The molecular formula is C36H52O12. The maximum absolute atomic E-state index is 13.8. The van der Waals surface area contributed by atoms with Crippen LogP contribution in [0.4, 0.5) is 0 Å². The lowest BCUT2D eigenvalue weighted by molar-refractivity contribution is -0.169. The van der Waals surface area contributed by atoms with Gasteiger partial charge in [-0.3, -0.25) is 19.2 Å². The molecule has 13 atom stereocenters. The van der Waals surface area contributed by atoms with Gasteiger partial charge in [-0.2, -0.15) is 0 Å². The summed E-state index contributed by atoms with van der Waals surface area (Å²) in [7, 11) is 0. The Balaban J connectivity index is 1.01. The Morgan fingerprint density at radius 3 is 1.29 bits per heavy atom. The van der Waals surface area contributed by atoms with Gasteiger partial charge in [0.1, 0.15) is 0 Å². The van der Waals surface area contributed by atoms with Gasteiger partial charge < -0.3 is 38.3 Å². The van der Waals surface area contributed by atoms with Crippen molar-refractivity contribution >= 4 is 23.9 Å². The van der Waals surface area contributed by atoms with Crippen molar-refractivity contribution in [1.29, 1.82) is 0 Å². The third-order valence-corrected chi connectivity index (χ3v) is 11.8. The van der Waals surface area contributed by atoms with Gasteiger partial charge in [-0.15, -0.1) is 0 Å². The second-order valence-corrected chi connectivity index (χ2v) is 15.6. The summed E-state index contributed by atoms with van der Waals surface area (Å²) in [5.74, 6) is -4.78. The van der Waals surface area contributed by atoms with Crippen molar-refractivity contribution in [2.24, 2.45) is 35.5 Å². The van der Waals surface area contributed by atoms with Gasteiger partial charge in [-0.1, -0.05) is 6.42 Å². The summed E-state index contributed by atoms with van der Waals surface area (Å²) >= 11 is 0. The van der Waals surface area contributed by atoms with E-state index >= 15 is 0 Å². The summed E-state index contributed by atoms with van der Waals surface area (Å²) in [6, 6.07) is 0. The van der Waals surface area contributed by atoms with Crippen molar-refractivity contribution in [3.05, 3.63) is 0 Å². The Bertz CT molecular complexity index is 1110. The summed E-state index contributed by atoms with van der Waals surface area (Å²) < 4.78 is 39.7. The summed E-state index contributed by atoms with van der Waals surface area (Å²) in [4.78, 5) is 54.2. The van der Waals surface area contributed by atoms with E-state index in [2.05, 4.69) is 0 Å². The molecule has 0 aromatic heterocycles. The van der Waals surface area contributed by atoms with E-state index < -0.39 is 54.7 Å². The maximum atomic E-state index is 13.8. The summed E-state index contributed by atoms with van der Waals surface area (Å²) in [6.45, 7) is 0.647. The number of hydrogen-bond acceptors (Lipinski definition) is 12. The van der Waals surface area contributed by atoms with Gasteiger partial charge in [0.05, 0.1) is 93.8 Å². The van der Waals surface area contributed by atoms with E-state index in [-0.39, 0.29) is 68.4 Å². The molecule has 12 heteroatoms. The molecular weight excluding hydrogens is 624 g/mol. The molecule has 3 saturated heterocycles. The first-order chi connectivity index (χ1) is 23.3. The first kappa shape index (κ1) is 34.2. The third-order valence-electron chi connectivity index (χ3n) is 11.8.